The van der Waals surface area contributed by atoms with Crippen LogP contribution in [0.3, 0.4) is 0 Å². The van der Waals surface area contributed by atoms with Crippen LogP contribution in [0, 0.1) is 28.6 Å². The summed E-state index contributed by atoms with van der Waals surface area (Å²) in [6.07, 6.45) is 1.89. The van der Waals surface area contributed by atoms with Gasteiger partial charge in [-0.3, -0.25) is 24.1 Å². The van der Waals surface area contributed by atoms with Crippen molar-refractivity contribution < 1.29 is 28.4 Å². The number of morpholine rings is 1. The lowest BCUT2D eigenvalue weighted by Crippen LogP contribution is -2.48. The van der Waals surface area contributed by atoms with Gasteiger partial charge in [-0.1, -0.05) is 56.3 Å². The number of ketones is 2. The lowest BCUT2D eigenvalue weighted by atomic mass is 9.88. The number of rotatable bonds is 16. The van der Waals surface area contributed by atoms with Crippen LogP contribution in [0.1, 0.15) is 74.7 Å². The van der Waals surface area contributed by atoms with Gasteiger partial charge in [0.05, 0.1) is 38.3 Å². The third kappa shape index (κ3) is 9.31. The number of nitrogens with one attached hydrogen (secondary N) is 2. The predicted octanol–water partition coefficient (Wildman–Crippen LogP) is 3.24. The summed E-state index contributed by atoms with van der Waals surface area (Å²) < 4.78 is 10.7. The molecule has 1 aliphatic carbocycles. The Morgan fingerprint density at radius 3 is 2.41 bits per heavy atom. The highest BCUT2D eigenvalue weighted by atomic mass is 16.5. The lowest BCUT2D eigenvalue weighted by molar-refractivity contribution is -0.134. The molecule has 2 amide bonds. The SMILES string of the molecule is CC(C)C[C@H](NC(=O)[C@@H](CC(=O)[C@H](CC#N)NC(=O)c1cc(CN2CCOCC2)on1)Cc1ccccc1)C(=O)C1(C)CC1. The second-order valence-electron chi connectivity index (χ2n) is 12.6. The minimum atomic E-state index is -1.14. The van der Waals surface area contributed by atoms with E-state index in [1.807, 2.05) is 57.2 Å². The monoisotopic (exact) mass is 605 g/mol. The van der Waals surface area contributed by atoms with E-state index in [1.165, 1.54) is 6.07 Å². The highest BCUT2D eigenvalue weighted by molar-refractivity contribution is 5.99. The number of carbonyl (C=O) groups is 4. The summed E-state index contributed by atoms with van der Waals surface area (Å²) in [6, 6.07) is 11.0. The molecule has 2 aromatic rings. The van der Waals surface area contributed by atoms with Crippen molar-refractivity contribution in [2.75, 3.05) is 26.3 Å². The molecule has 0 spiro atoms. The van der Waals surface area contributed by atoms with Crippen LogP contribution in [-0.4, -0.2) is 71.8 Å². The maximum Gasteiger partial charge on any atom is 0.274 e. The first kappa shape index (κ1) is 33.0. The molecule has 1 aromatic heterocycles. The summed E-state index contributed by atoms with van der Waals surface area (Å²) in [7, 11) is 0. The molecule has 236 valence electrons. The first-order chi connectivity index (χ1) is 21.1. The molecule has 2 N–H and O–H groups in total. The summed E-state index contributed by atoms with van der Waals surface area (Å²) in [5, 5.41) is 18.9. The first-order valence-corrected chi connectivity index (χ1v) is 15.4. The number of Topliss-reactive ketones (excluding diaryl/α,β-unsaturated/α-hetero) is 2. The van der Waals surface area contributed by atoms with Gasteiger partial charge in [-0.15, -0.1) is 0 Å². The van der Waals surface area contributed by atoms with Gasteiger partial charge in [0.25, 0.3) is 5.91 Å². The van der Waals surface area contributed by atoms with Crippen LogP contribution < -0.4 is 10.6 Å². The van der Waals surface area contributed by atoms with Gasteiger partial charge in [0, 0.05) is 36.9 Å². The Kier molecular flexibility index (Phi) is 11.4. The van der Waals surface area contributed by atoms with Crippen molar-refractivity contribution in [3.63, 3.8) is 0 Å². The molecule has 2 heterocycles. The van der Waals surface area contributed by atoms with Gasteiger partial charge in [0.15, 0.2) is 23.0 Å². The van der Waals surface area contributed by atoms with Crippen molar-refractivity contribution in [2.45, 2.75) is 77.9 Å². The Morgan fingerprint density at radius 1 is 1.07 bits per heavy atom. The van der Waals surface area contributed by atoms with E-state index < -0.39 is 41.0 Å². The number of hydrogen-bond acceptors (Lipinski definition) is 9. The molecule has 0 unspecified atom stereocenters. The van der Waals surface area contributed by atoms with Gasteiger partial charge in [0.1, 0.15) is 6.04 Å². The Bertz CT molecular complexity index is 1340. The van der Waals surface area contributed by atoms with E-state index >= 15 is 0 Å². The molecule has 11 nitrogen and oxygen atoms in total. The van der Waals surface area contributed by atoms with Crippen LogP contribution in [0.15, 0.2) is 40.9 Å². The number of carbonyl (C=O) groups excluding carboxylic acids is 4. The van der Waals surface area contributed by atoms with Crippen LogP contribution in [0.5, 0.6) is 0 Å². The highest BCUT2D eigenvalue weighted by Gasteiger charge is 2.48. The van der Waals surface area contributed by atoms with E-state index in [4.69, 9.17) is 9.26 Å². The van der Waals surface area contributed by atoms with E-state index in [0.29, 0.717) is 31.9 Å². The van der Waals surface area contributed by atoms with Gasteiger partial charge in [-0.05, 0) is 37.2 Å². The number of benzene rings is 1. The Morgan fingerprint density at radius 2 is 1.77 bits per heavy atom. The largest absolute Gasteiger partial charge is 0.379 e. The molecule has 1 saturated carbocycles. The maximum atomic E-state index is 13.7. The molecular formula is C33H43N5O6. The molecule has 2 aliphatic rings. The van der Waals surface area contributed by atoms with E-state index in [2.05, 4.69) is 20.7 Å². The summed E-state index contributed by atoms with van der Waals surface area (Å²) in [5.74, 6) is -1.57. The molecule has 2 fully saturated rings. The smallest absolute Gasteiger partial charge is 0.274 e. The fourth-order valence-electron chi connectivity index (χ4n) is 5.43. The number of nitriles is 1. The second-order valence-corrected chi connectivity index (χ2v) is 12.6. The molecular weight excluding hydrogens is 562 g/mol. The summed E-state index contributed by atoms with van der Waals surface area (Å²) >= 11 is 0. The first-order valence-electron chi connectivity index (χ1n) is 15.4. The normalized spacial score (nSPS) is 18.1. The van der Waals surface area contributed by atoms with Crippen molar-refractivity contribution in [3.05, 3.63) is 53.4 Å². The lowest BCUT2D eigenvalue weighted by Gasteiger charge is -2.26. The molecule has 4 rings (SSSR count). The topological polar surface area (TPSA) is 155 Å². The standard InChI is InChI=1S/C33H43N5O6/c1-22(2)17-27(30(40)33(3)10-11-33)36-31(41)24(18-23-7-5-4-6-8-23)19-29(39)26(9-12-34)35-32(42)28-20-25(44-37-28)21-38-13-15-43-16-14-38/h4-8,20,22,24,26-27H,9-11,13-19,21H2,1-3H3,(H,35,42)(H,36,41)/t24-,26+,27+/m1/s1. The number of aromatic nitrogens is 1. The van der Waals surface area contributed by atoms with E-state index in [-0.39, 0.29) is 36.7 Å². The minimum Gasteiger partial charge on any atom is -0.379 e. The van der Waals surface area contributed by atoms with Crippen molar-refractivity contribution in [1.29, 1.82) is 5.26 Å². The van der Waals surface area contributed by atoms with E-state index in [9.17, 15) is 24.4 Å². The van der Waals surface area contributed by atoms with Crippen LogP contribution in [-0.2, 0) is 32.1 Å². The highest BCUT2D eigenvalue weighted by Crippen LogP contribution is 2.47. The van der Waals surface area contributed by atoms with Gasteiger partial charge < -0.3 is 19.9 Å². The van der Waals surface area contributed by atoms with E-state index in [1.54, 1.807) is 0 Å². The zero-order valence-electron chi connectivity index (χ0n) is 25.8. The summed E-state index contributed by atoms with van der Waals surface area (Å²) in [4.78, 5) is 55.7. The third-order valence-electron chi connectivity index (χ3n) is 8.34. The average molecular weight is 606 g/mol. The van der Waals surface area contributed by atoms with Gasteiger partial charge in [-0.25, -0.2) is 0 Å². The zero-order chi connectivity index (χ0) is 31.7. The Labute approximate surface area is 258 Å². The van der Waals surface area contributed by atoms with Crippen molar-refractivity contribution in [3.8, 4) is 6.07 Å². The molecule has 0 bridgehead atoms. The van der Waals surface area contributed by atoms with Crippen molar-refractivity contribution in [2.24, 2.45) is 17.3 Å². The van der Waals surface area contributed by atoms with Crippen LogP contribution in [0.25, 0.3) is 0 Å². The second kappa shape index (κ2) is 15.2. The molecule has 11 heteroatoms. The van der Waals surface area contributed by atoms with Crippen LogP contribution in [0.4, 0.5) is 0 Å². The fourth-order valence-corrected chi connectivity index (χ4v) is 5.43. The average Bonchev–Trinajstić information content (AvgIpc) is 3.59. The van der Waals surface area contributed by atoms with Crippen molar-refractivity contribution >= 4 is 23.4 Å². The van der Waals surface area contributed by atoms with Crippen molar-refractivity contribution in [1.82, 2.24) is 20.7 Å². The molecule has 1 aromatic carbocycles. The van der Waals surface area contributed by atoms with Crippen LogP contribution in [0.2, 0.25) is 0 Å². The van der Waals surface area contributed by atoms with Gasteiger partial charge in [-0.2, -0.15) is 5.26 Å². The van der Waals surface area contributed by atoms with Gasteiger partial charge >= 0.3 is 0 Å². The molecule has 1 saturated heterocycles. The molecule has 0 radical (unpaired) electrons. The molecule has 1 aliphatic heterocycles. The van der Waals surface area contributed by atoms with E-state index in [0.717, 1.165) is 31.5 Å². The Balaban J connectivity index is 1.45. The Hall–Kier alpha value is -3.88. The maximum absolute atomic E-state index is 13.7. The summed E-state index contributed by atoms with van der Waals surface area (Å²) in [5.41, 5.74) is 0.451. The van der Waals surface area contributed by atoms with Crippen LogP contribution >= 0.6 is 0 Å². The number of amides is 2. The summed E-state index contributed by atoms with van der Waals surface area (Å²) in [6.45, 7) is 9.13. The predicted molar refractivity (Wildman–Crippen MR) is 161 cm³/mol. The molecule has 44 heavy (non-hydrogen) atoms. The zero-order valence-corrected chi connectivity index (χ0v) is 25.8. The number of nitrogens with zero attached hydrogens (tertiary/aromatic N) is 3. The van der Waals surface area contributed by atoms with Gasteiger partial charge in [0.2, 0.25) is 5.91 Å². The minimum absolute atomic E-state index is 0.00573. The molecule has 3 atom stereocenters. The number of hydrogen-bond donors (Lipinski definition) is 2. The fraction of sp³-hybridized carbons (Fsp3) is 0.576. The quantitative estimate of drug-likeness (QED) is 0.293. The number of ether oxygens (including phenoxy) is 1. The third-order valence-corrected chi connectivity index (χ3v) is 8.34.